The van der Waals surface area contributed by atoms with E-state index in [-0.39, 0.29) is 12.1 Å². The lowest BCUT2D eigenvalue weighted by molar-refractivity contribution is -0.384. The summed E-state index contributed by atoms with van der Waals surface area (Å²) >= 11 is 0. The van der Waals surface area contributed by atoms with Gasteiger partial charge in [0.15, 0.2) is 0 Å². The van der Waals surface area contributed by atoms with Crippen molar-refractivity contribution in [2.45, 2.75) is 25.6 Å². The van der Waals surface area contributed by atoms with Gasteiger partial charge >= 0.3 is 12.1 Å². The van der Waals surface area contributed by atoms with Crippen LogP contribution in [0.5, 0.6) is 0 Å². The number of carbonyl (C=O) groups is 1. The van der Waals surface area contributed by atoms with E-state index in [1.165, 1.54) is 6.92 Å². The minimum absolute atomic E-state index is 0.332. The minimum atomic E-state index is -4.77. The van der Waals surface area contributed by atoms with Gasteiger partial charge in [-0.3, -0.25) is 14.9 Å². The number of alkyl halides is 3. The molecule has 1 aromatic rings. The monoisotopic (exact) mass is 302 g/mol. The fraction of sp³-hybridized carbons (Fsp3) is 0.364. The molecular formula is C11H10BF3N2O4. The van der Waals surface area contributed by atoms with Gasteiger partial charge in [0.25, 0.3) is 5.69 Å². The van der Waals surface area contributed by atoms with Gasteiger partial charge in [0.2, 0.25) is 0 Å². The highest BCUT2D eigenvalue weighted by Gasteiger charge is 2.34. The first-order valence-corrected chi connectivity index (χ1v) is 5.65. The van der Waals surface area contributed by atoms with Crippen molar-refractivity contribution >= 4 is 30.7 Å². The van der Waals surface area contributed by atoms with E-state index < -0.39 is 39.8 Å². The Hall–Kier alpha value is -2.26. The molecule has 1 aromatic carbocycles. The number of benzene rings is 1. The molecule has 0 amide bonds. The highest BCUT2D eigenvalue weighted by Crippen LogP contribution is 2.34. The van der Waals surface area contributed by atoms with Gasteiger partial charge in [0, 0.05) is 12.1 Å². The molecule has 0 aliphatic carbocycles. The maximum Gasteiger partial charge on any atom is 0.416 e. The van der Waals surface area contributed by atoms with Gasteiger partial charge in [-0.05, 0) is 6.92 Å². The lowest BCUT2D eigenvalue weighted by atomic mass is 9.90. The molecule has 0 aliphatic rings. The number of rotatable bonds is 5. The molecule has 6 nitrogen and oxygen atoms in total. The van der Waals surface area contributed by atoms with E-state index in [0.717, 1.165) is 0 Å². The van der Waals surface area contributed by atoms with Gasteiger partial charge in [0.05, 0.1) is 16.9 Å². The SMILES string of the molecule is [B]c1cc(C(F)(F)F)cc([N+](=O)[O-])c1N[C@H](C)CC(=O)O. The van der Waals surface area contributed by atoms with Crippen LogP contribution in [-0.4, -0.2) is 29.9 Å². The molecule has 21 heavy (non-hydrogen) atoms. The largest absolute Gasteiger partial charge is 0.481 e. The molecule has 0 unspecified atom stereocenters. The Bertz CT molecular complexity index is 577. The second-order valence-electron chi connectivity index (χ2n) is 4.36. The normalized spacial score (nSPS) is 12.8. The molecule has 0 bridgehead atoms. The molecule has 0 spiro atoms. The number of hydrogen-bond acceptors (Lipinski definition) is 4. The molecule has 1 rings (SSSR count). The summed E-state index contributed by atoms with van der Waals surface area (Å²) in [6.45, 7) is 1.41. The third-order valence-corrected chi connectivity index (χ3v) is 2.54. The van der Waals surface area contributed by atoms with Crippen molar-refractivity contribution in [3.8, 4) is 0 Å². The fourth-order valence-corrected chi connectivity index (χ4v) is 1.67. The average Bonchev–Trinajstić information content (AvgIpc) is 2.28. The number of carboxylic acids is 1. The highest BCUT2D eigenvalue weighted by atomic mass is 19.4. The summed E-state index contributed by atoms with van der Waals surface area (Å²) < 4.78 is 37.8. The van der Waals surface area contributed by atoms with Gasteiger partial charge in [0.1, 0.15) is 13.5 Å². The number of anilines is 1. The van der Waals surface area contributed by atoms with Crippen molar-refractivity contribution in [1.82, 2.24) is 0 Å². The molecule has 1 atom stereocenters. The molecule has 0 heterocycles. The molecule has 0 aliphatic heterocycles. The van der Waals surface area contributed by atoms with Crippen LogP contribution in [0.25, 0.3) is 0 Å². The number of nitrogens with one attached hydrogen (secondary N) is 1. The van der Waals surface area contributed by atoms with Gasteiger partial charge in [-0.25, -0.2) is 0 Å². The summed E-state index contributed by atoms with van der Waals surface area (Å²) in [5.74, 6) is -1.16. The molecule has 0 saturated carbocycles. The van der Waals surface area contributed by atoms with E-state index in [1.54, 1.807) is 0 Å². The average molecular weight is 302 g/mol. The first-order chi connectivity index (χ1) is 9.52. The Labute approximate surface area is 118 Å². The zero-order valence-corrected chi connectivity index (χ0v) is 10.8. The number of halogens is 3. The van der Waals surface area contributed by atoms with E-state index in [9.17, 15) is 28.1 Å². The van der Waals surface area contributed by atoms with Gasteiger partial charge in [-0.2, -0.15) is 13.2 Å². The van der Waals surface area contributed by atoms with Gasteiger partial charge in [-0.1, -0.05) is 11.5 Å². The predicted molar refractivity (Wildman–Crippen MR) is 68.8 cm³/mol. The van der Waals surface area contributed by atoms with Crippen LogP contribution in [0.15, 0.2) is 12.1 Å². The number of aliphatic carboxylic acids is 1. The topological polar surface area (TPSA) is 92.5 Å². The molecule has 10 heteroatoms. The standard InChI is InChI=1S/C11H10BF3N2O4/c1-5(2-9(18)19)16-10-7(12)3-6(11(13,14)15)4-8(10)17(20)21/h3-5,16H,2H2,1H3,(H,18,19)/t5-/m1/s1. The molecule has 0 fully saturated rings. The quantitative estimate of drug-likeness (QED) is 0.490. The van der Waals surface area contributed by atoms with Crippen LogP contribution in [0, 0.1) is 10.1 Å². The smallest absolute Gasteiger partial charge is 0.416 e. The van der Waals surface area contributed by atoms with Crippen molar-refractivity contribution in [2.75, 3.05) is 5.32 Å². The lowest BCUT2D eigenvalue weighted by Gasteiger charge is -2.17. The van der Waals surface area contributed by atoms with E-state index in [1.807, 2.05) is 0 Å². The maximum absolute atomic E-state index is 12.6. The molecular weight excluding hydrogens is 292 g/mol. The van der Waals surface area contributed by atoms with Crippen LogP contribution in [0.2, 0.25) is 0 Å². The molecule has 2 N–H and O–H groups in total. The molecule has 112 valence electrons. The summed E-state index contributed by atoms with van der Waals surface area (Å²) in [6.07, 6.45) is -5.15. The van der Waals surface area contributed by atoms with E-state index in [2.05, 4.69) is 5.32 Å². The number of nitro groups is 1. The first kappa shape index (κ1) is 16.8. The van der Waals surface area contributed by atoms with Crippen LogP contribution in [-0.2, 0) is 11.0 Å². The highest BCUT2D eigenvalue weighted by molar-refractivity contribution is 6.36. The summed E-state index contributed by atoms with van der Waals surface area (Å²) in [5.41, 5.74) is -2.92. The summed E-state index contributed by atoms with van der Waals surface area (Å²) in [6, 6.07) is 0.162. The summed E-state index contributed by atoms with van der Waals surface area (Å²) in [4.78, 5) is 20.4. The Kier molecular flexibility index (Phi) is 4.82. The number of nitrogens with zero attached hydrogens (tertiary/aromatic N) is 1. The Balaban J connectivity index is 3.26. The Morgan fingerprint density at radius 2 is 2.10 bits per heavy atom. The van der Waals surface area contributed by atoms with Crippen LogP contribution in [0.1, 0.15) is 18.9 Å². The van der Waals surface area contributed by atoms with Crippen molar-refractivity contribution in [3.05, 3.63) is 27.8 Å². The number of hydrogen-bond donors (Lipinski definition) is 2. The third kappa shape index (κ3) is 4.37. The zero-order chi connectivity index (χ0) is 16.4. The second kappa shape index (κ2) is 6.02. The number of nitro benzene ring substituents is 1. The Morgan fingerprint density at radius 1 is 1.52 bits per heavy atom. The summed E-state index contributed by atoms with van der Waals surface area (Å²) in [5, 5.41) is 21.9. The van der Waals surface area contributed by atoms with Crippen molar-refractivity contribution in [1.29, 1.82) is 0 Å². The van der Waals surface area contributed by atoms with Crippen LogP contribution >= 0.6 is 0 Å². The van der Waals surface area contributed by atoms with Crippen molar-refractivity contribution in [2.24, 2.45) is 0 Å². The number of carboxylic acid groups (broad SMARTS) is 1. The fourth-order valence-electron chi connectivity index (χ4n) is 1.67. The van der Waals surface area contributed by atoms with Crippen LogP contribution in [0.4, 0.5) is 24.5 Å². The molecule has 0 aromatic heterocycles. The summed E-state index contributed by atoms with van der Waals surface area (Å²) in [7, 11) is 5.42. The molecule has 2 radical (unpaired) electrons. The maximum atomic E-state index is 12.6. The van der Waals surface area contributed by atoms with Crippen LogP contribution in [0.3, 0.4) is 0 Å². The van der Waals surface area contributed by atoms with Gasteiger partial charge < -0.3 is 10.4 Å². The van der Waals surface area contributed by atoms with Crippen molar-refractivity contribution in [3.63, 3.8) is 0 Å². The zero-order valence-electron chi connectivity index (χ0n) is 10.8. The third-order valence-electron chi connectivity index (χ3n) is 2.54. The molecule has 0 saturated heterocycles. The van der Waals surface area contributed by atoms with E-state index in [0.29, 0.717) is 12.1 Å². The predicted octanol–water partition coefficient (Wildman–Crippen LogP) is 1.68. The van der Waals surface area contributed by atoms with E-state index in [4.69, 9.17) is 13.0 Å². The second-order valence-corrected chi connectivity index (χ2v) is 4.36. The minimum Gasteiger partial charge on any atom is -0.481 e. The van der Waals surface area contributed by atoms with Crippen molar-refractivity contribution < 1.29 is 28.0 Å². The van der Waals surface area contributed by atoms with Gasteiger partial charge in [-0.15, -0.1) is 0 Å². The first-order valence-electron chi connectivity index (χ1n) is 5.65. The Morgan fingerprint density at radius 3 is 2.52 bits per heavy atom. The van der Waals surface area contributed by atoms with E-state index >= 15 is 0 Å². The lowest BCUT2D eigenvalue weighted by Crippen LogP contribution is -2.25. The van der Waals surface area contributed by atoms with Crippen LogP contribution < -0.4 is 10.8 Å².